The second kappa shape index (κ2) is 5.99. The van der Waals surface area contributed by atoms with Crippen molar-refractivity contribution in [3.63, 3.8) is 0 Å². The van der Waals surface area contributed by atoms with Crippen LogP contribution in [0.1, 0.15) is 31.0 Å². The fourth-order valence-electron chi connectivity index (χ4n) is 2.50. The first-order chi connectivity index (χ1) is 9.44. The summed E-state index contributed by atoms with van der Waals surface area (Å²) in [5.41, 5.74) is 1.61. The highest BCUT2D eigenvalue weighted by Gasteiger charge is 2.41. The maximum Gasteiger partial charge on any atom is 0.391 e. The number of aromatic nitrogens is 1. The number of aliphatic hydroxyl groups is 1. The van der Waals surface area contributed by atoms with E-state index in [1.807, 2.05) is 17.9 Å². The zero-order valence-corrected chi connectivity index (χ0v) is 11.5. The number of alkyl halides is 3. The Balaban J connectivity index is 2.10. The molecule has 1 aliphatic heterocycles. The summed E-state index contributed by atoms with van der Waals surface area (Å²) in [6.07, 6.45) is -3.15. The molecule has 0 spiro atoms. The lowest BCUT2D eigenvalue weighted by molar-refractivity contribution is -0.179. The van der Waals surface area contributed by atoms with Crippen molar-refractivity contribution in [2.24, 2.45) is 5.92 Å². The van der Waals surface area contributed by atoms with Crippen molar-refractivity contribution < 1.29 is 18.3 Å². The fourth-order valence-corrected chi connectivity index (χ4v) is 2.50. The predicted molar refractivity (Wildman–Crippen MR) is 70.5 cm³/mol. The van der Waals surface area contributed by atoms with Crippen molar-refractivity contribution in [2.75, 3.05) is 18.0 Å². The quantitative estimate of drug-likeness (QED) is 0.929. The third-order valence-corrected chi connectivity index (χ3v) is 3.75. The number of pyridine rings is 1. The van der Waals surface area contributed by atoms with Gasteiger partial charge in [0, 0.05) is 18.8 Å². The second-order valence-electron chi connectivity index (χ2n) is 5.14. The lowest BCUT2D eigenvalue weighted by Crippen LogP contribution is -2.39. The van der Waals surface area contributed by atoms with Gasteiger partial charge in [-0.1, -0.05) is 6.92 Å². The number of anilines is 1. The van der Waals surface area contributed by atoms with Crippen LogP contribution >= 0.6 is 0 Å². The maximum absolute atomic E-state index is 12.6. The second-order valence-corrected chi connectivity index (χ2v) is 5.14. The number of piperidine rings is 1. The van der Waals surface area contributed by atoms with Crippen molar-refractivity contribution in [3.8, 4) is 0 Å². The van der Waals surface area contributed by atoms with Crippen molar-refractivity contribution in [1.29, 1.82) is 0 Å². The Morgan fingerprint density at radius 2 is 1.95 bits per heavy atom. The first-order valence-corrected chi connectivity index (χ1v) is 6.86. The average molecular weight is 288 g/mol. The van der Waals surface area contributed by atoms with Crippen LogP contribution in [0.15, 0.2) is 12.1 Å². The van der Waals surface area contributed by atoms with Gasteiger partial charge in [-0.25, -0.2) is 4.98 Å². The van der Waals surface area contributed by atoms with E-state index < -0.39 is 12.1 Å². The van der Waals surface area contributed by atoms with Crippen LogP contribution in [0.4, 0.5) is 19.0 Å². The monoisotopic (exact) mass is 288 g/mol. The molecule has 1 saturated heterocycles. The molecule has 0 unspecified atom stereocenters. The van der Waals surface area contributed by atoms with Crippen LogP contribution in [-0.4, -0.2) is 29.4 Å². The molecule has 1 aromatic rings. The Morgan fingerprint density at radius 3 is 2.45 bits per heavy atom. The summed E-state index contributed by atoms with van der Waals surface area (Å²) >= 11 is 0. The number of aliphatic hydroxyl groups excluding tert-OH is 1. The lowest BCUT2D eigenvalue weighted by atomic mass is 9.96. The zero-order chi connectivity index (χ0) is 14.8. The van der Waals surface area contributed by atoms with Crippen LogP contribution in [0.3, 0.4) is 0 Å². The van der Waals surface area contributed by atoms with Crippen molar-refractivity contribution in [1.82, 2.24) is 4.98 Å². The highest BCUT2D eigenvalue weighted by molar-refractivity contribution is 5.43. The van der Waals surface area contributed by atoms with Gasteiger partial charge in [0.25, 0.3) is 0 Å². The van der Waals surface area contributed by atoms with Crippen LogP contribution in [0.5, 0.6) is 0 Å². The summed E-state index contributed by atoms with van der Waals surface area (Å²) in [6.45, 7) is 2.59. The molecule has 1 aromatic heterocycles. The number of hydrogen-bond acceptors (Lipinski definition) is 3. The normalized spacial score (nSPS) is 17.6. The highest BCUT2D eigenvalue weighted by Crippen LogP contribution is 2.35. The number of aryl methyl sites for hydroxylation is 1. The molecule has 1 N–H and O–H groups in total. The number of halogens is 3. The van der Waals surface area contributed by atoms with E-state index >= 15 is 0 Å². The van der Waals surface area contributed by atoms with Gasteiger partial charge in [-0.3, -0.25) is 0 Å². The molecule has 1 fully saturated rings. The molecule has 0 aliphatic carbocycles. The minimum absolute atomic E-state index is 0.0818. The molecule has 0 atom stereocenters. The molecule has 0 radical (unpaired) electrons. The number of nitrogens with zero attached hydrogens (tertiary/aromatic N) is 2. The van der Waals surface area contributed by atoms with Gasteiger partial charge in [0.05, 0.1) is 12.5 Å². The van der Waals surface area contributed by atoms with Gasteiger partial charge in [0.1, 0.15) is 5.82 Å². The summed E-state index contributed by atoms with van der Waals surface area (Å²) < 4.78 is 37.9. The zero-order valence-electron chi connectivity index (χ0n) is 11.5. The maximum atomic E-state index is 12.6. The summed E-state index contributed by atoms with van der Waals surface area (Å²) in [5, 5.41) is 9.23. The minimum Gasteiger partial charge on any atom is -0.392 e. The molecule has 1 aliphatic rings. The summed E-state index contributed by atoms with van der Waals surface area (Å²) in [5.74, 6) is -0.528. The third kappa shape index (κ3) is 3.42. The van der Waals surface area contributed by atoms with Crippen LogP contribution in [0.2, 0.25) is 0 Å². The van der Waals surface area contributed by atoms with Crippen LogP contribution in [0.25, 0.3) is 0 Å². The first kappa shape index (κ1) is 15.1. The average Bonchev–Trinajstić information content (AvgIpc) is 2.46. The van der Waals surface area contributed by atoms with Crippen LogP contribution in [-0.2, 0) is 13.0 Å². The standard InChI is InChI=1S/C14H19F3N2O/c1-2-12-7-10(9-20)8-13(18-12)19-5-3-11(4-6-19)14(15,16)17/h7-8,11,20H,2-6,9H2,1H3. The van der Waals surface area contributed by atoms with E-state index in [4.69, 9.17) is 0 Å². The Kier molecular flexibility index (Phi) is 4.52. The van der Waals surface area contributed by atoms with Gasteiger partial charge in [-0.2, -0.15) is 13.2 Å². The van der Waals surface area contributed by atoms with Gasteiger partial charge in [-0.05, 0) is 37.0 Å². The van der Waals surface area contributed by atoms with Gasteiger partial charge in [-0.15, -0.1) is 0 Å². The number of hydrogen-bond donors (Lipinski definition) is 1. The minimum atomic E-state index is -4.10. The molecule has 3 nitrogen and oxygen atoms in total. The van der Waals surface area contributed by atoms with E-state index in [0.717, 1.165) is 17.7 Å². The van der Waals surface area contributed by atoms with Gasteiger partial charge >= 0.3 is 6.18 Å². The molecule has 2 heterocycles. The Bertz CT molecular complexity index is 432. The molecule has 0 saturated carbocycles. The van der Waals surface area contributed by atoms with E-state index in [-0.39, 0.29) is 19.4 Å². The Hall–Kier alpha value is -1.30. The molecule has 20 heavy (non-hydrogen) atoms. The molecule has 0 bridgehead atoms. The predicted octanol–water partition coefficient (Wildman–Crippen LogP) is 2.92. The lowest BCUT2D eigenvalue weighted by Gasteiger charge is -2.34. The molecule has 112 valence electrons. The van der Waals surface area contributed by atoms with Gasteiger partial charge < -0.3 is 10.0 Å². The van der Waals surface area contributed by atoms with E-state index in [2.05, 4.69) is 4.98 Å². The molecule has 6 heteroatoms. The molecular weight excluding hydrogens is 269 g/mol. The molecule has 2 rings (SSSR count). The van der Waals surface area contributed by atoms with Crippen LogP contribution in [0, 0.1) is 5.92 Å². The summed E-state index contributed by atoms with van der Waals surface area (Å²) in [6, 6.07) is 3.58. The fraction of sp³-hybridized carbons (Fsp3) is 0.643. The topological polar surface area (TPSA) is 36.4 Å². The summed E-state index contributed by atoms with van der Waals surface area (Å²) in [7, 11) is 0. The number of rotatable bonds is 3. The summed E-state index contributed by atoms with van der Waals surface area (Å²) in [4.78, 5) is 6.32. The Labute approximate surface area is 116 Å². The van der Waals surface area contributed by atoms with Crippen molar-refractivity contribution in [2.45, 2.75) is 39.0 Å². The van der Waals surface area contributed by atoms with Gasteiger partial charge in [0.2, 0.25) is 0 Å². The molecular formula is C14H19F3N2O. The molecule has 0 amide bonds. The van der Waals surface area contributed by atoms with E-state index in [0.29, 0.717) is 18.9 Å². The van der Waals surface area contributed by atoms with Crippen molar-refractivity contribution in [3.05, 3.63) is 23.4 Å². The molecule has 0 aromatic carbocycles. The Morgan fingerprint density at radius 1 is 1.30 bits per heavy atom. The third-order valence-electron chi connectivity index (χ3n) is 3.75. The van der Waals surface area contributed by atoms with E-state index in [1.54, 1.807) is 6.07 Å². The van der Waals surface area contributed by atoms with Crippen LogP contribution < -0.4 is 4.90 Å². The SMILES string of the molecule is CCc1cc(CO)cc(N2CCC(C(F)(F)F)CC2)n1. The van der Waals surface area contributed by atoms with E-state index in [9.17, 15) is 18.3 Å². The van der Waals surface area contributed by atoms with E-state index in [1.165, 1.54) is 0 Å². The first-order valence-electron chi connectivity index (χ1n) is 6.86. The largest absolute Gasteiger partial charge is 0.392 e. The van der Waals surface area contributed by atoms with Crippen molar-refractivity contribution >= 4 is 5.82 Å². The van der Waals surface area contributed by atoms with Gasteiger partial charge in [0.15, 0.2) is 0 Å². The smallest absolute Gasteiger partial charge is 0.391 e. The highest BCUT2D eigenvalue weighted by atomic mass is 19.4.